The van der Waals surface area contributed by atoms with Gasteiger partial charge in [-0.1, -0.05) is 65.8 Å². The van der Waals surface area contributed by atoms with Crippen LogP contribution < -0.4 is 5.32 Å². The number of sulfone groups is 1. The third-order valence-corrected chi connectivity index (χ3v) is 19.7. The molecule has 6 aliphatic carbocycles. The maximum absolute atomic E-state index is 12.0. The van der Waals surface area contributed by atoms with Gasteiger partial charge in [-0.15, -0.1) is 0 Å². The van der Waals surface area contributed by atoms with Crippen molar-refractivity contribution in [2.24, 2.45) is 56.7 Å². The van der Waals surface area contributed by atoms with Crippen molar-refractivity contribution < 1.29 is 13.5 Å². The summed E-state index contributed by atoms with van der Waals surface area (Å²) in [5.41, 5.74) is 6.05. The number of nitrogens with one attached hydrogen (secondary N) is 1. The Hall–Kier alpha value is -0.950. The molecule has 0 aromatic heterocycles. The second-order valence-corrected chi connectivity index (χ2v) is 22.6. The Balaban J connectivity index is 1.13. The fraction of sp³-hybridized carbons (Fsp3) is 0.864. The number of fused-ring (bicyclic) bond motifs is 7. The highest BCUT2D eigenvalue weighted by Gasteiger charge is 2.70. The van der Waals surface area contributed by atoms with Crippen molar-refractivity contribution in [2.45, 2.75) is 137 Å². The predicted octanol–water partition coefficient (Wildman–Crippen LogP) is 8.75. The minimum atomic E-state index is -2.85. The minimum absolute atomic E-state index is 0.0897. The lowest BCUT2D eigenvalue weighted by molar-refractivity contribution is -0.221. The van der Waals surface area contributed by atoms with Crippen LogP contribution in [0, 0.1) is 56.7 Å². The van der Waals surface area contributed by atoms with Crippen molar-refractivity contribution in [1.82, 2.24) is 10.2 Å². The molecule has 1 unspecified atom stereocenters. The summed E-state index contributed by atoms with van der Waals surface area (Å²) < 4.78 is 24.1. The third kappa shape index (κ3) is 5.64. The quantitative estimate of drug-likeness (QED) is 0.247. The maximum Gasteiger partial charge on any atom is 0.152 e. The van der Waals surface area contributed by atoms with Crippen molar-refractivity contribution in [2.75, 3.05) is 44.3 Å². The molecule has 282 valence electrons. The first kappa shape index (κ1) is 37.4. The van der Waals surface area contributed by atoms with Gasteiger partial charge in [-0.3, -0.25) is 0 Å². The van der Waals surface area contributed by atoms with Gasteiger partial charge in [0.25, 0.3) is 0 Å². The van der Waals surface area contributed by atoms with E-state index < -0.39 is 9.84 Å². The van der Waals surface area contributed by atoms with E-state index in [1.165, 1.54) is 63.4 Å². The SMILES string of the molecule is C=C(C)[C@@H]1CC[C@]2(NCCN3CCS(=O)(=O)CC3)CC[C@]3(C)[C@H](CC[C@@H]4[C@@]5(C)CC=C(C6=CCC(CC)(CO)CC6)C(C)(C)[C@@H]5CC[C@]43C)[C@@H]12. The lowest BCUT2D eigenvalue weighted by Crippen LogP contribution is -2.68. The molecule has 10 atom stereocenters. The molecule has 0 aromatic rings. The molecule has 5 nitrogen and oxygen atoms in total. The summed E-state index contributed by atoms with van der Waals surface area (Å²) in [4.78, 5) is 2.37. The van der Waals surface area contributed by atoms with Crippen molar-refractivity contribution >= 4 is 9.84 Å². The first-order valence-electron chi connectivity index (χ1n) is 20.8. The van der Waals surface area contributed by atoms with Crippen LogP contribution >= 0.6 is 0 Å². The predicted molar refractivity (Wildman–Crippen MR) is 208 cm³/mol. The van der Waals surface area contributed by atoms with Gasteiger partial charge < -0.3 is 15.3 Å². The molecule has 1 saturated heterocycles. The fourth-order valence-corrected chi connectivity index (χ4v) is 16.1. The third-order valence-electron chi connectivity index (χ3n) is 18.1. The molecule has 4 saturated carbocycles. The summed E-state index contributed by atoms with van der Waals surface area (Å²) in [6.07, 6.45) is 21.3. The first-order chi connectivity index (χ1) is 23.5. The van der Waals surface area contributed by atoms with Gasteiger partial charge in [0.2, 0.25) is 0 Å². The van der Waals surface area contributed by atoms with E-state index >= 15 is 0 Å². The van der Waals surface area contributed by atoms with Gasteiger partial charge in [0.1, 0.15) is 0 Å². The van der Waals surface area contributed by atoms with Crippen molar-refractivity contribution in [1.29, 1.82) is 0 Å². The number of rotatable bonds is 8. The lowest BCUT2D eigenvalue weighted by atomic mass is 9.33. The first-order valence-corrected chi connectivity index (χ1v) is 22.7. The zero-order valence-electron chi connectivity index (χ0n) is 33.0. The molecule has 0 amide bonds. The van der Waals surface area contributed by atoms with E-state index in [1.54, 1.807) is 11.1 Å². The number of allylic oxidation sites excluding steroid dienone is 5. The van der Waals surface area contributed by atoms with Gasteiger partial charge in [-0.05, 0) is 158 Å². The van der Waals surface area contributed by atoms with Crippen LogP contribution in [0.25, 0.3) is 0 Å². The summed E-state index contributed by atoms with van der Waals surface area (Å²) in [5.74, 6) is 4.03. The molecular weight excluding hydrogens is 637 g/mol. The molecule has 50 heavy (non-hydrogen) atoms. The Bertz CT molecular complexity index is 1490. The van der Waals surface area contributed by atoms with Crippen LogP contribution in [0.2, 0.25) is 0 Å². The second-order valence-electron chi connectivity index (χ2n) is 20.3. The Morgan fingerprint density at radius 3 is 2.30 bits per heavy atom. The second kappa shape index (κ2) is 12.8. The van der Waals surface area contributed by atoms with Gasteiger partial charge in [0.05, 0.1) is 11.5 Å². The molecule has 7 aliphatic rings. The van der Waals surface area contributed by atoms with Crippen LogP contribution in [0.4, 0.5) is 0 Å². The molecule has 0 spiro atoms. The highest BCUT2D eigenvalue weighted by Crippen LogP contribution is 2.76. The molecule has 6 heteroatoms. The average molecular weight is 709 g/mol. The Labute approximate surface area is 306 Å². The highest BCUT2D eigenvalue weighted by atomic mass is 32.2. The van der Waals surface area contributed by atoms with E-state index in [1.807, 2.05) is 0 Å². The fourth-order valence-electron chi connectivity index (χ4n) is 14.8. The van der Waals surface area contributed by atoms with E-state index in [2.05, 4.69) is 77.4 Å². The van der Waals surface area contributed by atoms with E-state index in [0.717, 1.165) is 50.6 Å². The number of hydrogen-bond donors (Lipinski definition) is 2. The van der Waals surface area contributed by atoms with Crippen LogP contribution in [0.15, 0.2) is 35.5 Å². The van der Waals surface area contributed by atoms with Crippen LogP contribution in [0.5, 0.6) is 0 Å². The standard InChI is InChI=1S/C44H72N2O3S/c1-9-43(30-47)19-12-32(13-20-43)34-15-17-40(6)36(39(34,4)5)16-18-42(8)37(40)11-10-35-38-33(31(2)3)14-21-44(38,23-22-41(35,42)7)45-24-25-46-26-28-50(48,49)29-27-46/h12,15,33,35-38,45,47H,2,9-11,13-14,16-30H2,1,3-8H3/t33-,35+,36-,37+,38+,40-,41+,42+,43?,44-/m0/s1. The van der Waals surface area contributed by atoms with Gasteiger partial charge in [-0.25, -0.2) is 8.42 Å². The van der Waals surface area contributed by atoms with E-state index in [4.69, 9.17) is 0 Å². The van der Waals surface area contributed by atoms with Gasteiger partial charge >= 0.3 is 0 Å². The van der Waals surface area contributed by atoms with Gasteiger partial charge in [0, 0.05) is 38.3 Å². The summed E-state index contributed by atoms with van der Waals surface area (Å²) in [6, 6.07) is 0. The number of hydrogen-bond acceptors (Lipinski definition) is 5. The van der Waals surface area contributed by atoms with E-state index in [0.29, 0.717) is 65.2 Å². The molecule has 1 heterocycles. The van der Waals surface area contributed by atoms with E-state index in [-0.39, 0.29) is 16.4 Å². The summed E-state index contributed by atoms with van der Waals surface area (Å²) in [5, 5.41) is 14.4. The zero-order valence-corrected chi connectivity index (χ0v) is 33.8. The monoisotopic (exact) mass is 709 g/mol. The average Bonchev–Trinajstić information content (AvgIpc) is 3.46. The molecule has 7 rings (SSSR count). The molecule has 0 bridgehead atoms. The van der Waals surface area contributed by atoms with Crippen LogP contribution in [0.3, 0.4) is 0 Å². The number of aliphatic hydroxyl groups excluding tert-OH is 1. The summed E-state index contributed by atoms with van der Waals surface area (Å²) in [6.45, 7) is 26.2. The maximum atomic E-state index is 12.0. The Morgan fingerprint density at radius 2 is 1.66 bits per heavy atom. The number of nitrogens with zero attached hydrogens (tertiary/aromatic N) is 1. The van der Waals surface area contributed by atoms with Crippen LogP contribution in [-0.4, -0.2) is 68.3 Å². The normalized spacial score (nSPS) is 46.8. The molecule has 1 aliphatic heterocycles. The number of aliphatic hydroxyl groups is 1. The van der Waals surface area contributed by atoms with Crippen molar-refractivity contribution in [3.05, 3.63) is 35.5 Å². The lowest BCUT2D eigenvalue weighted by Gasteiger charge is -2.72. The molecule has 5 fully saturated rings. The zero-order chi connectivity index (χ0) is 36.0. The van der Waals surface area contributed by atoms with E-state index in [9.17, 15) is 13.5 Å². The molecule has 0 radical (unpaired) electrons. The van der Waals surface area contributed by atoms with Crippen LogP contribution in [-0.2, 0) is 9.84 Å². The molecule has 0 aromatic carbocycles. The topological polar surface area (TPSA) is 69.6 Å². The van der Waals surface area contributed by atoms with Gasteiger partial charge in [-0.2, -0.15) is 0 Å². The minimum Gasteiger partial charge on any atom is -0.396 e. The smallest absolute Gasteiger partial charge is 0.152 e. The van der Waals surface area contributed by atoms with Crippen molar-refractivity contribution in [3.8, 4) is 0 Å². The Kier molecular flexibility index (Phi) is 9.59. The van der Waals surface area contributed by atoms with Crippen LogP contribution in [0.1, 0.15) is 132 Å². The highest BCUT2D eigenvalue weighted by molar-refractivity contribution is 7.91. The summed E-state index contributed by atoms with van der Waals surface area (Å²) >= 11 is 0. The van der Waals surface area contributed by atoms with Crippen molar-refractivity contribution in [3.63, 3.8) is 0 Å². The van der Waals surface area contributed by atoms with Gasteiger partial charge in [0.15, 0.2) is 9.84 Å². The Morgan fingerprint density at radius 1 is 0.920 bits per heavy atom. The molecule has 2 N–H and O–H groups in total. The summed E-state index contributed by atoms with van der Waals surface area (Å²) in [7, 11) is -2.85. The molecular formula is C44H72N2O3S. The largest absolute Gasteiger partial charge is 0.396 e.